The Kier molecular flexibility index (Phi) is 8.20. The highest BCUT2D eigenvalue weighted by Gasteiger charge is 2.29. The molecule has 0 spiro atoms. The number of hydrogen-bond acceptors (Lipinski definition) is 4. The summed E-state index contributed by atoms with van der Waals surface area (Å²) in [6.45, 7) is 7.74. The first kappa shape index (κ1) is 22.9. The molecule has 2 rings (SSSR count). The highest BCUT2D eigenvalue weighted by Crippen LogP contribution is 2.22. The fourth-order valence-electron chi connectivity index (χ4n) is 3.18. The van der Waals surface area contributed by atoms with E-state index in [1.165, 1.54) is 0 Å². The number of benzene rings is 1. The molecule has 7 nitrogen and oxygen atoms in total. The third kappa shape index (κ3) is 6.85. The van der Waals surface area contributed by atoms with Crippen molar-refractivity contribution < 1.29 is 19.1 Å². The molecule has 3 amide bonds. The van der Waals surface area contributed by atoms with E-state index in [0.717, 1.165) is 19.3 Å². The van der Waals surface area contributed by atoms with Gasteiger partial charge in [0.15, 0.2) is 0 Å². The van der Waals surface area contributed by atoms with Crippen LogP contribution in [0.5, 0.6) is 0 Å². The van der Waals surface area contributed by atoms with Gasteiger partial charge in [0.25, 0.3) is 5.91 Å². The highest BCUT2D eigenvalue weighted by molar-refractivity contribution is 5.98. The maximum absolute atomic E-state index is 13.0. The van der Waals surface area contributed by atoms with Gasteiger partial charge in [-0.3, -0.25) is 14.4 Å². The van der Waals surface area contributed by atoms with Gasteiger partial charge >= 0.3 is 0 Å². The first-order chi connectivity index (χ1) is 13.7. The van der Waals surface area contributed by atoms with E-state index in [0.29, 0.717) is 37.5 Å². The molecule has 0 unspecified atom stereocenters. The van der Waals surface area contributed by atoms with Gasteiger partial charge < -0.3 is 20.3 Å². The van der Waals surface area contributed by atoms with Gasteiger partial charge in [-0.15, -0.1) is 0 Å². The van der Waals surface area contributed by atoms with Gasteiger partial charge in [-0.2, -0.15) is 0 Å². The number of nitrogens with one attached hydrogen (secondary N) is 2. The van der Waals surface area contributed by atoms with E-state index in [1.54, 1.807) is 36.3 Å². The number of hydrogen-bond donors (Lipinski definition) is 2. The van der Waals surface area contributed by atoms with Crippen LogP contribution in [0, 0.1) is 11.3 Å². The molecule has 1 aliphatic rings. The summed E-state index contributed by atoms with van der Waals surface area (Å²) >= 11 is 0. The molecule has 7 heteroatoms. The van der Waals surface area contributed by atoms with Gasteiger partial charge in [-0.05, 0) is 37.5 Å². The molecule has 1 saturated heterocycles. The number of methoxy groups -OCH3 is 1. The van der Waals surface area contributed by atoms with E-state index in [1.807, 2.05) is 20.8 Å². The van der Waals surface area contributed by atoms with Crippen molar-refractivity contribution in [1.82, 2.24) is 10.2 Å². The maximum Gasteiger partial charge on any atom is 0.253 e. The van der Waals surface area contributed by atoms with Gasteiger partial charge in [-0.1, -0.05) is 26.8 Å². The number of carbonyl (C=O) groups excluding carboxylic acids is 3. The Bertz CT molecular complexity index is 727. The zero-order valence-electron chi connectivity index (χ0n) is 17.9. The van der Waals surface area contributed by atoms with E-state index in [4.69, 9.17) is 4.74 Å². The quantitative estimate of drug-likeness (QED) is 0.685. The van der Waals surface area contributed by atoms with Crippen LogP contribution in [0.3, 0.4) is 0 Å². The molecule has 2 N–H and O–H groups in total. The molecule has 0 saturated carbocycles. The maximum atomic E-state index is 13.0. The summed E-state index contributed by atoms with van der Waals surface area (Å²) < 4.78 is 4.99. The van der Waals surface area contributed by atoms with Gasteiger partial charge in [-0.25, -0.2) is 0 Å². The van der Waals surface area contributed by atoms with Gasteiger partial charge in [0.05, 0.1) is 5.92 Å². The average Bonchev–Trinajstić information content (AvgIpc) is 2.70. The number of piperidine rings is 1. The van der Waals surface area contributed by atoms with Crippen LogP contribution in [0.25, 0.3) is 0 Å². The highest BCUT2D eigenvalue weighted by atomic mass is 16.5. The third-order valence-electron chi connectivity index (χ3n) is 4.95. The average molecular weight is 404 g/mol. The number of rotatable bonds is 7. The Hall–Kier alpha value is -2.41. The fourth-order valence-corrected chi connectivity index (χ4v) is 3.18. The topological polar surface area (TPSA) is 87.7 Å². The molecular formula is C22H33N3O4. The molecule has 0 aromatic heterocycles. The second kappa shape index (κ2) is 10.4. The Morgan fingerprint density at radius 2 is 2.00 bits per heavy atom. The summed E-state index contributed by atoms with van der Waals surface area (Å²) in [6.07, 6.45) is 2.34. The van der Waals surface area contributed by atoms with Crippen molar-refractivity contribution in [3.8, 4) is 0 Å². The van der Waals surface area contributed by atoms with Crippen LogP contribution in [-0.2, 0) is 14.3 Å². The van der Waals surface area contributed by atoms with E-state index in [9.17, 15) is 14.4 Å². The normalized spacial score (nSPS) is 17.0. The lowest BCUT2D eigenvalue weighted by Gasteiger charge is -2.32. The molecule has 1 aromatic carbocycles. The smallest absolute Gasteiger partial charge is 0.253 e. The molecule has 1 fully saturated rings. The minimum Gasteiger partial charge on any atom is -0.385 e. The lowest BCUT2D eigenvalue weighted by molar-refractivity contribution is -0.126. The number of likely N-dealkylation sites (tertiary alicyclic amines) is 1. The van der Waals surface area contributed by atoms with Crippen molar-refractivity contribution in [2.45, 2.75) is 40.0 Å². The second-order valence-electron chi connectivity index (χ2n) is 8.51. The molecule has 0 bridgehead atoms. The Balaban J connectivity index is 1.98. The van der Waals surface area contributed by atoms with Crippen molar-refractivity contribution in [3.63, 3.8) is 0 Å². The summed E-state index contributed by atoms with van der Waals surface area (Å²) in [6, 6.07) is 6.96. The van der Waals surface area contributed by atoms with Crippen LogP contribution < -0.4 is 10.6 Å². The first-order valence-corrected chi connectivity index (χ1v) is 10.2. The van der Waals surface area contributed by atoms with Crippen molar-refractivity contribution in [2.75, 3.05) is 38.7 Å². The van der Waals surface area contributed by atoms with E-state index in [2.05, 4.69) is 10.6 Å². The zero-order valence-corrected chi connectivity index (χ0v) is 17.9. The van der Waals surface area contributed by atoms with Crippen LogP contribution in [0.2, 0.25) is 0 Å². The van der Waals surface area contributed by atoms with Gasteiger partial charge in [0, 0.05) is 50.0 Å². The molecule has 29 heavy (non-hydrogen) atoms. The zero-order chi connectivity index (χ0) is 21.4. The number of anilines is 1. The van der Waals surface area contributed by atoms with Crippen molar-refractivity contribution in [3.05, 3.63) is 29.8 Å². The minimum atomic E-state index is -0.517. The van der Waals surface area contributed by atoms with Gasteiger partial charge in [0.1, 0.15) is 0 Å². The summed E-state index contributed by atoms with van der Waals surface area (Å²) in [5.74, 6) is -0.428. The van der Waals surface area contributed by atoms with Crippen molar-refractivity contribution in [1.29, 1.82) is 0 Å². The first-order valence-electron chi connectivity index (χ1n) is 10.2. The molecule has 160 valence electrons. The van der Waals surface area contributed by atoms with E-state index in [-0.39, 0.29) is 23.6 Å². The largest absolute Gasteiger partial charge is 0.385 e. The molecule has 0 radical (unpaired) electrons. The predicted octanol–water partition coefficient (Wildman–Crippen LogP) is 2.68. The predicted molar refractivity (Wildman–Crippen MR) is 113 cm³/mol. The van der Waals surface area contributed by atoms with Crippen LogP contribution >= 0.6 is 0 Å². The summed E-state index contributed by atoms with van der Waals surface area (Å²) in [5, 5.41) is 5.78. The lowest BCUT2D eigenvalue weighted by atomic mass is 9.95. The molecule has 1 atom stereocenters. The number of ether oxygens (including phenoxy) is 1. The van der Waals surface area contributed by atoms with Crippen LogP contribution in [-0.4, -0.2) is 56.0 Å². The number of amides is 3. The standard InChI is InChI=1S/C22H33N3O4/c1-22(2,3)21(28)24-18-10-5-8-16(14-18)20(27)25-12-6-9-17(15-25)19(26)23-11-7-13-29-4/h5,8,10,14,17H,6-7,9,11-13,15H2,1-4H3,(H,23,26)(H,24,28)/t17-/m0/s1. The molecule has 0 aliphatic carbocycles. The number of nitrogens with zero attached hydrogens (tertiary/aromatic N) is 1. The van der Waals surface area contributed by atoms with Gasteiger partial charge in [0.2, 0.25) is 11.8 Å². The molecule has 1 aliphatic heterocycles. The minimum absolute atomic E-state index is 0.00945. The van der Waals surface area contributed by atoms with Crippen LogP contribution in [0.1, 0.15) is 50.4 Å². The lowest BCUT2D eigenvalue weighted by Crippen LogP contribution is -2.45. The van der Waals surface area contributed by atoms with E-state index >= 15 is 0 Å². The second-order valence-corrected chi connectivity index (χ2v) is 8.51. The molecule has 1 heterocycles. The SMILES string of the molecule is COCCCNC(=O)[C@H]1CCCN(C(=O)c2cccc(NC(=O)C(C)(C)C)c2)C1. The monoisotopic (exact) mass is 403 g/mol. The molecule has 1 aromatic rings. The Morgan fingerprint density at radius 3 is 2.69 bits per heavy atom. The van der Waals surface area contributed by atoms with Crippen molar-refractivity contribution in [2.24, 2.45) is 11.3 Å². The Labute approximate surface area is 173 Å². The Morgan fingerprint density at radius 1 is 1.24 bits per heavy atom. The number of carbonyl (C=O) groups is 3. The molecular weight excluding hydrogens is 370 g/mol. The fraction of sp³-hybridized carbons (Fsp3) is 0.591. The third-order valence-corrected chi connectivity index (χ3v) is 4.95. The summed E-state index contributed by atoms with van der Waals surface area (Å²) in [7, 11) is 1.63. The van der Waals surface area contributed by atoms with Crippen LogP contribution in [0.4, 0.5) is 5.69 Å². The van der Waals surface area contributed by atoms with E-state index < -0.39 is 5.41 Å². The summed E-state index contributed by atoms with van der Waals surface area (Å²) in [5.41, 5.74) is 0.592. The van der Waals surface area contributed by atoms with Crippen LogP contribution in [0.15, 0.2) is 24.3 Å². The summed E-state index contributed by atoms with van der Waals surface area (Å²) in [4.78, 5) is 39.3. The van der Waals surface area contributed by atoms with Crippen molar-refractivity contribution >= 4 is 23.4 Å².